The van der Waals surface area contributed by atoms with Gasteiger partial charge in [0.25, 0.3) is 0 Å². The van der Waals surface area contributed by atoms with Crippen LogP contribution in [0.1, 0.15) is 5.56 Å². The Morgan fingerprint density at radius 3 is 2.52 bits per heavy atom. The molecule has 0 fully saturated rings. The van der Waals surface area contributed by atoms with Crippen LogP contribution in [0.5, 0.6) is 5.75 Å². The van der Waals surface area contributed by atoms with Gasteiger partial charge in [0.15, 0.2) is 5.75 Å². The van der Waals surface area contributed by atoms with Crippen molar-refractivity contribution in [3.63, 3.8) is 0 Å². The minimum absolute atomic E-state index is 0.0201. The first-order valence-corrected chi connectivity index (χ1v) is 10.1. The molecule has 0 aliphatic rings. The Kier molecular flexibility index (Phi) is 6.32. The highest BCUT2D eigenvalue weighted by atomic mass is 19.1. The van der Waals surface area contributed by atoms with Crippen molar-refractivity contribution in [2.45, 2.75) is 6.54 Å². The predicted molar refractivity (Wildman–Crippen MR) is 121 cm³/mol. The zero-order chi connectivity index (χ0) is 23.4. The molecule has 0 aliphatic heterocycles. The summed E-state index contributed by atoms with van der Waals surface area (Å²) in [6.07, 6.45) is 1.35. The Morgan fingerprint density at radius 1 is 1.09 bits per heavy atom. The maximum atomic E-state index is 14.4. The third-order valence-electron chi connectivity index (χ3n) is 5.04. The summed E-state index contributed by atoms with van der Waals surface area (Å²) in [5.41, 5.74) is 2.21. The van der Waals surface area contributed by atoms with E-state index in [0.29, 0.717) is 17.9 Å². The molecule has 33 heavy (non-hydrogen) atoms. The number of halogens is 1. The van der Waals surface area contributed by atoms with E-state index in [9.17, 15) is 14.0 Å². The van der Waals surface area contributed by atoms with Gasteiger partial charge in [-0.25, -0.2) is 14.2 Å². The van der Waals surface area contributed by atoms with E-state index >= 15 is 0 Å². The van der Waals surface area contributed by atoms with Crippen molar-refractivity contribution >= 4 is 22.9 Å². The number of pyridine rings is 2. The molecule has 168 valence electrons. The SMILES string of the molecule is O=C(O)Oc1cn(Cc2ccc(-c3ccc(NCCO)nc3)cc2)c2cccc(F)c2c1=O. The number of aromatic nitrogens is 2. The maximum absolute atomic E-state index is 14.4. The van der Waals surface area contributed by atoms with E-state index in [1.807, 2.05) is 36.4 Å². The Morgan fingerprint density at radius 2 is 1.85 bits per heavy atom. The molecular weight excluding hydrogens is 429 g/mol. The Bertz CT molecular complexity index is 1350. The first-order chi connectivity index (χ1) is 16.0. The summed E-state index contributed by atoms with van der Waals surface area (Å²) >= 11 is 0. The van der Waals surface area contributed by atoms with Crippen molar-refractivity contribution in [2.75, 3.05) is 18.5 Å². The van der Waals surface area contributed by atoms with E-state index < -0.39 is 23.2 Å². The van der Waals surface area contributed by atoms with Crippen LogP contribution in [0.15, 0.2) is 71.8 Å². The molecule has 0 spiro atoms. The van der Waals surface area contributed by atoms with Gasteiger partial charge in [0.1, 0.15) is 11.6 Å². The van der Waals surface area contributed by atoms with Gasteiger partial charge in [-0.05, 0) is 35.4 Å². The number of hydrogen-bond acceptors (Lipinski definition) is 6. The molecule has 9 heteroatoms. The number of anilines is 1. The van der Waals surface area contributed by atoms with Gasteiger partial charge < -0.3 is 24.8 Å². The number of fused-ring (bicyclic) bond motifs is 1. The summed E-state index contributed by atoms with van der Waals surface area (Å²) in [6, 6.07) is 15.5. The number of hydrogen-bond donors (Lipinski definition) is 3. The van der Waals surface area contributed by atoms with E-state index in [4.69, 9.17) is 10.2 Å². The second kappa shape index (κ2) is 9.49. The summed E-state index contributed by atoms with van der Waals surface area (Å²) in [4.78, 5) is 27.8. The highest BCUT2D eigenvalue weighted by molar-refractivity contribution is 5.81. The van der Waals surface area contributed by atoms with Gasteiger partial charge in [-0.1, -0.05) is 30.3 Å². The number of rotatable bonds is 7. The molecule has 0 amide bonds. The lowest BCUT2D eigenvalue weighted by molar-refractivity contribution is 0.144. The normalized spacial score (nSPS) is 10.8. The molecule has 0 radical (unpaired) electrons. The van der Waals surface area contributed by atoms with Crippen LogP contribution in [0.4, 0.5) is 15.0 Å². The smallest absolute Gasteiger partial charge is 0.449 e. The van der Waals surface area contributed by atoms with E-state index in [1.165, 1.54) is 12.3 Å². The van der Waals surface area contributed by atoms with Crippen LogP contribution < -0.4 is 15.5 Å². The Balaban J connectivity index is 1.63. The van der Waals surface area contributed by atoms with E-state index in [2.05, 4.69) is 15.0 Å². The molecule has 8 nitrogen and oxygen atoms in total. The second-order valence-corrected chi connectivity index (χ2v) is 7.23. The fraction of sp³-hybridized carbons (Fsp3) is 0.125. The number of carboxylic acid groups (broad SMARTS) is 1. The summed E-state index contributed by atoms with van der Waals surface area (Å²) in [6.45, 7) is 0.703. The highest BCUT2D eigenvalue weighted by Crippen LogP contribution is 2.23. The van der Waals surface area contributed by atoms with Crippen molar-refractivity contribution in [3.05, 3.63) is 88.6 Å². The van der Waals surface area contributed by atoms with Crippen LogP contribution in [-0.2, 0) is 6.54 Å². The van der Waals surface area contributed by atoms with Gasteiger partial charge >= 0.3 is 6.16 Å². The van der Waals surface area contributed by atoms with Gasteiger partial charge in [-0.15, -0.1) is 0 Å². The minimum atomic E-state index is -1.65. The van der Waals surface area contributed by atoms with Crippen molar-refractivity contribution in [2.24, 2.45) is 0 Å². The number of carbonyl (C=O) groups is 1. The molecule has 0 atom stereocenters. The molecule has 2 aromatic heterocycles. The zero-order valence-electron chi connectivity index (χ0n) is 17.4. The molecule has 0 bridgehead atoms. The maximum Gasteiger partial charge on any atom is 0.511 e. The molecule has 0 aliphatic carbocycles. The molecule has 0 saturated carbocycles. The van der Waals surface area contributed by atoms with Gasteiger partial charge in [-0.3, -0.25) is 4.79 Å². The molecule has 0 unspecified atom stereocenters. The quantitative estimate of drug-likeness (QED) is 0.369. The fourth-order valence-corrected chi connectivity index (χ4v) is 3.52. The van der Waals surface area contributed by atoms with E-state index in [-0.39, 0.29) is 18.5 Å². The molecular formula is C24H20FN3O5. The standard InChI is InChI=1S/C24H20FN3O5/c25-18-2-1-3-19-22(18)23(30)20(33-24(31)32)14-28(19)13-15-4-6-16(7-5-15)17-8-9-21(27-12-17)26-10-11-29/h1-9,12,14,29H,10-11,13H2,(H,26,27)(H,31,32). The van der Waals surface area contributed by atoms with Crippen LogP contribution in [-0.4, -0.2) is 39.1 Å². The van der Waals surface area contributed by atoms with Gasteiger partial charge in [-0.2, -0.15) is 0 Å². The van der Waals surface area contributed by atoms with Crippen LogP contribution in [0.25, 0.3) is 22.0 Å². The van der Waals surface area contributed by atoms with Crippen molar-refractivity contribution in [1.29, 1.82) is 0 Å². The molecule has 4 rings (SSSR count). The first-order valence-electron chi connectivity index (χ1n) is 10.1. The topological polar surface area (TPSA) is 114 Å². The van der Waals surface area contributed by atoms with Crippen molar-refractivity contribution < 1.29 is 24.1 Å². The van der Waals surface area contributed by atoms with Crippen molar-refractivity contribution in [1.82, 2.24) is 9.55 Å². The Hall–Kier alpha value is -4.24. The van der Waals surface area contributed by atoms with Gasteiger partial charge in [0, 0.05) is 24.8 Å². The lowest BCUT2D eigenvalue weighted by Crippen LogP contribution is -2.17. The number of nitrogens with zero attached hydrogens (tertiary/aromatic N) is 2. The monoisotopic (exact) mass is 449 g/mol. The minimum Gasteiger partial charge on any atom is -0.449 e. The Labute approximate surface area is 187 Å². The predicted octanol–water partition coefficient (Wildman–Crippen LogP) is 3.71. The molecule has 2 aromatic carbocycles. The fourth-order valence-electron chi connectivity index (χ4n) is 3.52. The van der Waals surface area contributed by atoms with Gasteiger partial charge in [0.2, 0.25) is 5.43 Å². The molecule has 3 N–H and O–H groups in total. The number of aliphatic hydroxyl groups is 1. The van der Waals surface area contributed by atoms with Crippen molar-refractivity contribution in [3.8, 4) is 16.9 Å². The summed E-state index contributed by atoms with van der Waals surface area (Å²) in [7, 11) is 0. The molecule has 2 heterocycles. The van der Waals surface area contributed by atoms with Crippen LogP contribution >= 0.6 is 0 Å². The van der Waals surface area contributed by atoms with E-state index in [1.54, 1.807) is 16.8 Å². The lowest BCUT2D eigenvalue weighted by Gasteiger charge is -2.14. The summed E-state index contributed by atoms with van der Waals surface area (Å²) < 4.78 is 20.5. The first kappa shape index (κ1) is 22.0. The summed E-state index contributed by atoms with van der Waals surface area (Å²) in [5.74, 6) is -0.541. The molecule has 0 saturated heterocycles. The largest absolute Gasteiger partial charge is 0.511 e. The van der Waals surface area contributed by atoms with Crippen LogP contribution in [0.3, 0.4) is 0 Å². The second-order valence-electron chi connectivity index (χ2n) is 7.23. The summed E-state index contributed by atoms with van der Waals surface area (Å²) in [5, 5.41) is 20.6. The molecule has 4 aromatic rings. The van der Waals surface area contributed by atoms with Gasteiger partial charge in [0.05, 0.1) is 23.7 Å². The lowest BCUT2D eigenvalue weighted by atomic mass is 10.1. The third kappa shape index (κ3) is 4.83. The van der Waals surface area contributed by atoms with Crippen LogP contribution in [0, 0.1) is 5.82 Å². The number of benzene rings is 2. The number of ether oxygens (including phenoxy) is 1. The van der Waals surface area contributed by atoms with E-state index in [0.717, 1.165) is 22.8 Å². The third-order valence-corrected chi connectivity index (χ3v) is 5.04. The average Bonchev–Trinajstić information content (AvgIpc) is 2.81. The highest BCUT2D eigenvalue weighted by Gasteiger charge is 2.16. The average molecular weight is 449 g/mol. The number of nitrogens with one attached hydrogen (secondary N) is 1. The zero-order valence-corrected chi connectivity index (χ0v) is 17.4. The number of aliphatic hydroxyl groups excluding tert-OH is 1. The van der Waals surface area contributed by atoms with Crippen LogP contribution in [0.2, 0.25) is 0 Å².